The zero-order valence-electron chi connectivity index (χ0n) is 24.2. The number of hydrogen-bond donors (Lipinski definition) is 0. The molecule has 6 rings (SSSR count). The molecule has 0 nitrogen and oxygen atoms in total. The van der Waals surface area contributed by atoms with E-state index in [1.54, 1.807) is 0 Å². The van der Waals surface area contributed by atoms with Crippen LogP contribution in [0.4, 0.5) is 92.2 Å². The molecule has 0 saturated carbocycles. The van der Waals surface area contributed by atoms with Crippen LogP contribution in [0.25, 0.3) is 22.3 Å². The number of hydrogen-bond acceptors (Lipinski definition) is 0. The highest BCUT2D eigenvalue weighted by Gasteiger charge is 2.57. The number of fused-ring (bicyclic) bond motifs is 3. The van der Waals surface area contributed by atoms with Gasteiger partial charge in [0.05, 0.1) is 11.1 Å². The molecule has 0 unspecified atom stereocenters. The van der Waals surface area contributed by atoms with Crippen LogP contribution in [0.15, 0.2) is 12.1 Å². The van der Waals surface area contributed by atoms with Gasteiger partial charge in [0.15, 0.2) is 93.1 Å². The molecule has 22 heteroatoms. The van der Waals surface area contributed by atoms with Crippen LogP contribution in [0.2, 0.25) is 0 Å². The van der Waals surface area contributed by atoms with Gasteiger partial charge in [0.2, 0.25) is 5.82 Å². The van der Waals surface area contributed by atoms with Crippen LogP contribution in [0.3, 0.4) is 0 Å². The van der Waals surface area contributed by atoms with Crippen molar-refractivity contribution in [3.63, 3.8) is 0 Å². The molecule has 0 heterocycles. The highest BCUT2D eigenvalue weighted by molar-refractivity contribution is 6.97. The summed E-state index contributed by atoms with van der Waals surface area (Å²) in [5.41, 5.74) is -16.6. The van der Waals surface area contributed by atoms with Crippen LogP contribution >= 0.6 is 0 Å². The molecule has 276 valence electrons. The number of alkyl halides is 2. The Hall–Kier alpha value is -4.84. The Labute approximate surface area is 281 Å². The van der Waals surface area contributed by atoms with E-state index in [0.29, 0.717) is 0 Å². The second-order valence-electron chi connectivity index (χ2n) is 10.9. The predicted octanol–water partition coefficient (Wildman–Crippen LogP) is 8.63. The van der Waals surface area contributed by atoms with Crippen molar-refractivity contribution in [3.8, 4) is 22.3 Å². The third-order valence-corrected chi connectivity index (χ3v) is 11.6. The van der Waals surface area contributed by atoms with Crippen LogP contribution in [-0.4, -0.2) is 14.1 Å². The first-order valence-electron chi connectivity index (χ1n) is 13.5. The van der Waals surface area contributed by atoms with Gasteiger partial charge in [0.1, 0.15) is 11.6 Å². The summed E-state index contributed by atoms with van der Waals surface area (Å²) in [7, 11) is 0. The van der Waals surface area contributed by atoms with Crippen LogP contribution < -0.4 is 13.3 Å². The van der Waals surface area contributed by atoms with E-state index < -0.39 is 177 Å². The van der Waals surface area contributed by atoms with Crippen molar-refractivity contribution in [2.24, 2.45) is 0 Å². The molecule has 0 N–H and O–H groups in total. The van der Waals surface area contributed by atoms with E-state index in [2.05, 4.69) is 0 Å². The summed E-state index contributed by atoms with van der Waals surface area (Å²) in [4.78, 5) is 0. The first kappa shape index (κ1) is 37.9. The minimum absolute atomic E-state index is 0.181. The van der Waals surface area contributed by atoms with Crippen molar-refractivity contribution >= 4 is 27.4 Å². The lowest BCUT2D eigenvalue weighted by Gasteiger charge is -2.26. The van der Waals surface area contributed by atoms with Gasteiger partial charge < -0.3 is 0 Å². The van der Waals surface area contributed by atoms with Gasteiger partial charge in [-0.3, -0.25) is 0 Å². The fourth-order valence-corrected chi connectivity index (χ4v) is 9.59. The Morgan fingerprint density at radius 1 is 0.283 bits per heavy atom. The second kappa shape index (κ2) is 12.4. The van der Waals surface area contributed by atoms with Crippen molar-refractivity contribution in [1.29, 1.82) is 0 Å². The Morgan fingerprint density at radius 2 is 0.623 bits per heavy atom. The zero-order valence-corrected chi connectivity index (χ0v) is 25.3. The SMILES string of the molecule is Fc1ccc(F)[c]([Al]([c]2c(F)c(F)c(F)c(F)c2-c2c(F)c(F)c(F)c(F)c2F)[c]2c(F)c(F)c(F)c3c2C(F)(F)c2c(F)c(F)c(F)c(F)c2-3)c1F. The lowest BCUT2D eigenvalue weighted by molar-refractivity contribution is 0.0435. The molecule has 5 aromatic carbocycles. The monoisotopic (exact) mass is 800 g/mol. The van der Waals surface area contributed by atoms with Crippen LogP contribution in [0, 0.1) is 111 Å². The molecule has 0 amide bonds. The highest BCUT2D eigenvalue weighted by Crippen LogP contribution is 2.55. The van der Waals surface area contributed by atoms with Crippen molar-refractivity contribution in [1.82, 2.24) is 0 Å². The second-order valence-corrected chi connectivity index (χ2v) is 13.5. The minimum Gasteiger partial charge on any atom is -0.208 e. The molecular weight excluding hydrogens is 798 g/mol. The maximum absolute atomic E-state index is 16.2. The fourth-order valence-electron chi connectivity index (χ4n) is 6.03. The smallest absolute Gasteiger partial charge is 0.208 e. The van der Waals surface area contributed by atoms with Gasteiger partial charge in [0, 0.05) is 22.3 Å². The van der Waals surface area contributed by atoms with Gasteiger partial charge >= 0.3 is 20.1 Å². The summed E-state index contributed by atoms with van der Waals surface area (Å²) in [6.45, 7) is 0. The molecule has 5 aromatic rings. The molecule has 1 aliphatic rings. The van der Waals surface area contributed by atoms with Gasteiger partial charge in [0.25, 0.3) is 0 Å². The molecule has 0 bridgehead atoms. The Bertz CT molecular complexity index is 2460. The number of benzene rings is 5. The molecule has 0 saturated heterocycles. The maximum Gasteiger partial charge on any atom is 0.404 e. The van der Waals surface area contributed by atoms with Crippen molar-refractivity contribution < 1.29 is 92.2 Å². The van der Waals surface area contributed by atoms with Crippen LogP contribution in [-0.2, 0) is 5.92 Å². The molecule has 0 spiro atoms. The van der Waals surface area contributed by atoms with Crippen molar-refractivity contribution in [3.05, 3.63) is 134 Å². The summed E-state index contributed by atoms with van der Waals surface area (Å²) < 4.78 is 309. The largest absolute Gasteiger partial charge is 0.404 e. The summed E-state index contributed by atoms with van der Waals surface area (Å²) >= 11 is -6.61. The van der Waals surface area contributed by atoms with Gasteiger partial charge in [-0.25, -0.2) is 83.4 Å². The molecule has 53 heavy (non-hydrogen) atoms. The van der Waals surface area contributed by atoms with Crippen LogP contribution in [0.1, 0.15) is 11.1 Å². The summed E-state index contributed by atoms with van der Waals surface area (Å²) in [5.74, 6) is -64.6. The highest BCUT2D eigenvalue weighted by atomic mass is 27.2. The normalized spacial score (nSPS) is 13.2. The lowest BCUT2D eigenvalue weighted by atomic mass is 10.0. The predicted molar refractivity (Wildman–Crippen MR) is 137 cm³/mol. The van der Waals surface area contributed by atoms with E-state index in [0.717, 1.165) is 0 Å². The minimum atomic E-state index is -6.61. The van der Waals surface area contributed by atoms with E-state index in [1.165, 1.54) is 0 Å². The van der Waals surface area contributed by atoms with Crippen molar-refractivity contribution in [2.45, 2.75) is 5.92 Å². The Morgan fingerprint density at radius 3 is 1.13 bits per heavy atom. The first-order chi connectivity index (χ1) is 24.5. The van der Waals surface area contributed by atoms with Gasteiger partial charge in [-0.15, -0.1) is 0 Å². The zero-order chi connectivity index (χ0) is 39.7. The quantitative estimate of drug-likeness (QED) is 0.0740. The van der Waals surface area contributed by atoms with Crippen LogP contribution in [0.5, 0.6) is 0 Å². The van der Waals surface area contributed by atoms with Gasteiger partial charge in [-0.05, 0) is 16.6 Å². The molecule has 0 atom stereocenters. The van der Waals surface area contributed by atoms with E-state index in [4.69, 9.17) is 0 Å². The maximum atomic E-state index is 16.2. The Balaban J connectivity index is 1.97. The van der Waals surface area contributed by atoms with Gasteiger partial charge in [-0.2, -0.15) is 8.78 Å². The summed E-state index contributed by atoms with van der Waals surface area (Å²) in [5, 5.41) is 0. The summed E-state index contributed by atoms with van der Waals surface area (Å²) in [6.07, 6.45) is 0. The first-order valence-corrected chi connectivity index (χ1v) is 15.2. The average Bonchev–Trinajstić information content (AvgIpc) is 3.36. The van der Waals surface area contributed by atoms with E-state index in [1.807, 2.05) is 0 Å². The molecule has 0 aromatic heterocycles. The van der Waals surface area contributed by atoms with E-state index in [-0.39, 0.29) is 12.1 Å². The van der Waals surface area contributed by atoms with Gasteiger partial charge in [-0.1, -0.05) is 8.85 Å². The molecule has 1 aliphatic carbocycles. The van der Waals surface area contributed by atoms with Crippen molar-refractivity contribution in [2.75, 3.05) is 0 Å². The fraction of sp³-hybridized carbons (Fsp3) is 0.0323. The lowest BCUT2D eigenvalue weighted by Crippen LogP contribution is -2.60. The third-order valence-electron chi connectivity index (χ3n) is 8.21. The molecule has 0 radical (unpaired) electrons. The summed E-state index contributed by atoms with van der Waals surface area (Å²) in [6, 6.07) is -0.436. The third kappa shape index (κ3) is 4.90. The standard InChI is InChI=1S/C13F9.C12F9.C6H2F3.Al/c14-3-1-2-4(8(16)7(3)15)5-6(13(2,21)22)10(18)12(20)11(19)9(5)17;13-3-1-2(5(14)9(18)6(3)15)4-7(16)10(19)12(21)11(20)8(4)17;7-4-1-2-5(8)6(9)3-4;/h;;1-2H;. The average molecular weight is 800 g/mol. The molecular formula is C31H2AlF21. The Kier molecular flexibility index (Phi) is 8.84. The van der Waals surface area contributed by atoms with E-state index >= 15 is 48.3 Å². The molecule has 0 fully saturated rings. The topological polar surface area (TPSA) is 0 Å². The number of halogens is 21. The van der Waals surface area contributed by atoms with E-state index in [9.17, 15) is 43.9 Å². The molecule has 0 aliphatic heterocycles. The number of rotatable bonds is 4.